The number of primary sulfonamides is 1. The first-order chi connectivity index (χ1) is 10.8. The molecule has 1 aromatic carbocycles. The number of hydrogen-bond acceptors (Lipinski definition) is 7. The highest BCUT2D eigenvalue weighted by molar-refractivity contribution is 7.89. The van der Waals surface area contributed by atoms with Crippen molar-refractivity contribution < 1.29 is 17.9 Å². The van der Waals surface area contributed by atoms with Crippen LogP contribution in [0.5, 0.6) is 5.75 Å². The Kier molecular flexibility index (Phi) is 5.29. The predicted octanol–water partition coefficient (Wildman–Crippen LogP) is 0.475. The van der Waals surface area contributed by atoms with E-state index in [1.165, 1.54) is 36.6 Å². The van der Waals surface area contributed by atoms with Crippen LogP contribution in [0.3, 0.4) is 0 Å². The Labute approximate surface area is 137 Å². The smallest absolute Gasteiger partial charge is 0.255 e. The molecule has 0 aliphatic rings. The molecule has 3 N–H and O–H groups in total. The predicted molar refractivity (Wildman–Crippen MR) is 85.1 cm³/mol. The topological polar surface area (TPSA) is 124 Å². The average molecular weight is 356 g/mol. The van der Waals surface area contributed by atoms with Crippen LogP contribution in [0, 0.1) is 6.92 Å². The molecule has 0 atom stereocenters. The maximum Gasteiger partial charge on any atom is 0.255 e. The summed E-state index contributed by atoms with van der Waals surface area (Å²) in [7, 11) is -2.50. The molecule has 0 fully saturated rings. The lowest BCUT2D eigenvalue weighted by atomic mass is 10.2. The minimum absolute atomic E-state index is 0.104. The molecule has 0 aliphatic carbocycles. The van der Waals surface area contributed by atoms with Crippen molar-refractivity contribution in [3.8, 4) is 5.75 Å². The van der Waals surface area contributed by atoms with Crippen LogP contribution in [0.4, 0.5) is 0 Å². The van der Waals surface area contributed by atoms with Gasteiger partial charge in [0.15, 0.2) is 0 Å². The van der Waals surface area contributed by atoms with Crippen molar-refractivity contribution in [1.82, 2.24) is 15.5 Å². The average Bonchev–Trinajstić information content (AvgIpc) is 2.91. The van der Waals surface area contributed by atoms with Gasteiger partial charge in [-0.1, -0.05) is 0 Å². The lowest BCUT2D eigenvalue weighted by Crippen LogP contribution is -2.26. The van der Waals surface area contributed by atoms with Crippen molar-refractivity contribution in [3.63, 3.8) is 0 Å². The van der Waals surface area contributed by atoms with Crippen LogP contribution in [0.1, 0.15) is 20.4 Å². The lowest BCUT2D eigenvalue weighted by molar-refractivity contribution is 0.0951. The second-order valence-electron chi connectivity index (χ2n) is 4.63. The Morgan fingerprint density at radius 3 is 2.70 bits per heavy atom. The fourth-order valence-corrected chi connectivity index (χ4v) is 3.11. The van der Waals surface area contributed by atoms with Crippen molar-refractivity contribution in [1.29, 1.82) is 0 Å². The standard InChI is InChI=1S/C13H16N4O4S2/c1-8-16-17-12(22-8)5-6-15-13(18)10-7-9(23(14,19)20)3-4-11(10)21-2/h3-4,7H,5-6H2,1-2H3,(H,15,18)(H2,14,19,20). The minimum atomic E-state index is -3.90. The van der Waals surface area contributed by atoms with Crippen LogP contribution in [0.15, 0.2) is 23.1 Å². The van der Waals surface area contributed by atoms with Gasteiger partial charge in [0.2, 0.25) is 10.0 Å². The summed E-state index contributed by atoms with van der Waals surface area (Å²) in [6, 6.07) is 3.87. The molecule has 0 saturated carbocycles. The maximum absolute atomic E-state index is 12.2. The lowest BCUT2D eigenvalue weighted by Gasteiger charge is -2.10. The molecule has 0 aliphatic heterocycles. The van der Waals surface area contributed by atoms with E-state index in [9.17, 15) is 13.2 Å². The molecule has 1 amide bonds. The highest BCUT2D eigenvalue weighted by Gasteiger charge is 2.17. The van der Waals surface area contributed by atoms with E-state index in [1.807, 2.05) is 6.92 Å². The molecule has 1 heterocycles. The van der Waals surface area contributed by atoms with Gasteiger partial charge in [-0.25, -0.2) is 13.6 Å². The Balaban J connectivity index is 2.11. The second-order valence-corrected chi connectivity index (χ2v) is 7.46. The molecular weight excluding hydrogens is 340 g/mol. The molecule has 0 spiro atoms. The number of carbonyl (C=O) groups excluding carboxylic acids is 1. The molecule has 23 heavy (non-hydrogen) atoms. The SMILES string of the molecule is COc1ccc(S(N)(=O)=O)cc1C(=O)NCCc1nnc(C)s1. The van der Waals surface area contributed by atoms with Crippen LogP contribution in [-0.4, -0.2) is 38.2 Å². The van der Waals surface area contributed by atoms with Crippen molar-refractivity contribution in [2.24, 2.45) is 5.14 Å². The number of methoxy groups -OCH3 is 1. The number of nitrogens with one attached hydrogen (secondary N) is 1. The quantitative estimate of drug-likeness (QED) is 0.775. The number of amides is 1. The van der Waals surface area contributed by atoms with Crippen molar-refractivity contribution in [2.75, 3.05) is 13.7 Å². The van der Waals surface area contributed by atoms with Crippen LogP contribution in [-0.2, 0) is 16.4 Å². The van der Waals surface area contributed by atoms with E-state index in [4.69, 9.17) is 9.88 Å². The molecular formula is C13H16N4O4S2. The molecule has 0 unspecified atom stereocenters. The molecule has 8 nitrogen and oxygen atoms in total. The fourth-order valence-electron chi connectivity index (χ4n) is 1.86. The van der Waals surface area contributed by atoms with Gasteiger partial charge in [0.25, 0.3) is 5.91 Å². The zero-order valence-corrected chi connectivity index (χ0v) is 14.2. The van der Waals surface area contributed by atoms with E-state index < -0.39 is 15.9 Å². The van der Waals surface area contributed by atoms with Gasteiger partial charge in [0.1, 0.15) is 15.8 Å². The zero-order valence-electron chi connectivity index (χ0n) is 12.6. The van der Waals surface area contributed by atoms with Crippen LogP contribution in [0.2, 0.25) is 0 Å². The zero-order chi connectivity index (χ0) is 17.0. The van der Waals surface area contributed by atoms with Gasteiger partial charge in [-0.05, 0) is 25.1 Å². The van der Waals surface area contributed by atoms with E-state index in [0.29, 0.717) is 13.0 Å². The molecule has 2 rings (SSSR count). The number of nitrogens with zero attached hydrogens (tertiary/aromatic N) is 2. The molecule has 2 aromatic rings. The molecule has 124 valence electrons. The number of carbonyl (C=O) groups is 1. The number of ether oxygens (including phenoxy) is 1. The number of aryl methyl sites for hydroxylation is 1. The number of aromatic nitrogens is 2. The van der Waals surface area contributed by atoms with Crippen LogP contribution >= 0.6 is 11.3 Å². The van der Waals surface area contributed by atoms with Gasteiger partial charge < -0.3 is 10.1 Å². The van der Waals surface area contributed by atoms with Crippen LogP contribution < -0.4 is 15.2 Å². The first-order valence-corrected chi connectivity index (χ1v) is 8.95. The van der Waals surface area contributed by atoms with Gasteiger partial charge in [0.05, 0.1) is 17.6 Å². The summed E-state index contributed by atoms with van der Waals surface area (Å²) in [6.07, 6.45) is 0.536. The van der Waals surface area contributed by atoms with Gasteiger partial charge in [-0.3, -0.25) is 4.79 Å². The van der Waals surface area contributed by atoms with E-state index >= 15 is 0 Å². The molecule has 0 bridgehead atoms. The third kappa shape index (κ3) is 4.47. The van der Waals surface area contributed by atoms with E-state index in [1.54, 1.807) is 0 Å². The van der Waals surface area contributed by atoms with Crippen molar-refractivity contribution >= 4 is 27.3 Å². The first-order valence-electron chi connectivity index (χ1n) is 6.59. The number of hydrogen-bond donors (Lipinski definition) is 2. The molecule has 1 aromatic heterocycles. The summed E-state index contributed by atoms with van der Waals surface area (Å²) < 4.78 is 27.9. The minimum Gasteiger partial charge on any atom is -0.496 e. The van der Waals surface area contributed by atoms with Crippen molar-refractivity contribution in [2.45, 2.75) is 18.2 Å². The van der Waals surface area contributed by atoms with Gasteiger partial charge in [0, 0.05) is 13.0 Å². The largest absolute Gasteiger partial charge is 0.496 e. The molecule has 0 saturated heterocycles. The fraction of sp³-hybridized carbons (Fsp3) is 0.308. The second kappa shape index (κ2) is 7.02. The van der Waals surface area contributed by atoms with Gasteiger partial charge in [-0.15, -0.1) is 21.5 Å². The Morgan fingerprint density at radius 2 is 2.13 bits per heavy atom. The highest BCUT2D eigenvalue weighted by atomic mass is 32.2. The summed E-state index contributed by atoms with van der Waals surface area (Å²) in [4.78, 5) is 12.1. The summed E-state index contributed by atoms with van der Waals surface area (Å²) in [6.45, 7) is 2.19. The highest BCUT2D eigenvalue weighted by Crippen LogP contribution is 2.21. The first kappa shape index (κ1) is 17.3. The molecule has 0 radical (unpaired) electrons. The number of sulfonamides is 1. The Bertz CT molecular complexity index is 817. The van der Waals surface area contributed by atoms with Crippen molar-refractivity contribution in [3.05, 3.63) is 33.8 Å². The number of nitrogens with two attached hydrogens (primary N) is 1. The summed E-state index contributed by atoms with van der Waals surface area (Å²) in [5, 5.41) is 17.3. The summed E-state index contributed by atoms with van der Waals surface area (Å²) in [5.74, 6) is -0.185. The van der Waals surface area contributed by atoms with E-state index in [2.05, 4.69) is 15.5 Å². The third-order valence-electron chi connectivity index (χ3n) is 2.94. The van der Waals surface area contributed by atoms with Gasteiger partial charge in [-0.2, -0.15) is 0 Å². The number of benzene rings is 1. The normalized spacial score (nSPS) is 11.3. The third-order valence-corrected chi connectivity index (χ3v) is 4.75. The summed E-state index contributed by atoms with van der Waals surface area (Å²) in [5.41, 5.74) is 0.104. The van der Waals surface area contributed by atoms with Crippen LogP contribution in [0.25, 0.3) is 0 Å². The summed E-state index contributed by atoms with van der Waals surface area (Å²) >= 11 is 1.45. The Hall–Kier alpha value is -2.04. The Morgan fingerprint density at radius 1 is 1.39 bits per heavy atom. The van der Waals surface area contributed by atoms with E-state index in [0.717, 1.165) is 10.0 Å². The van der Waals surface area contributed by atoms with E-state index in [-0.39, 0.29) is 16.2 Å². The number of rotatable bonds is 6. The molecule has 10 heteroatoms. The van der Waals surface area contributed by atoms with Gasteiger partial charge >= 0.3 is 0 Å². The maximum atomic E-state index is 12.2. The monoisotopic (exact) mass is 356 g/mol.